The highest BCUT2D eigenvalue weighted by molar-refractivity contribution is 5.94. The minimum atomic E-state index is -0.745. The first kappa shape index (κ1) is 14.3. The third kappa shape index (κ3) is 2.89. The molecule has 1 amide bonds. The Morgan fingerprint density at radius 2 is 2.00 bits per heavy atom. The van der Waals surface area contributed by atoms with Crippen molar-refractivity contribution in [1.29, 1.82) is 0 Å². The lowest BCUT2D eigenvalue weighted by atomic mass is 9.96. The maximum Gasteiger partial charge on any atom is 0.308 e. The number of piperidine rings is 1. The molecule has 0 atom stereocenters. The molecule has 1 aliphatic rings. The molecule has 1 aliphatic heterocycles. The van der Waals surface area contributed by atoms with Crippen LogP contribution in [0.3, 0.4) is 0 Å². The van der Waals surface area contributed by atoms with Crippen molar-refractivity contribution in [3.8, 4) is 5.75 Å². The van der Waals surface area contributed by atoms with Gasteiger partial charge in [-0.3, -0.25) is 9.59 Å². The highest BCUT2D eigenvalue weighted by Gasteiger charge is 2.29. The summed E-state index contributed by atoms with van der Waals surface area (Å²) < 4.78 is 18.3. The van der Waals surface area contributed by atoms with E-state index in [4.69, 9.17) is 5.11 Å². The minimum Gasteiger partial charge on any atom is -0.508 e. The lowest BCUT2D eigenvalue weighted by Crippen LogP contribution is -2.40. The second-order valence-electron chi connectivity index (χ2n) is 4.75. The molecule has 20 heavy (non-hydrogen) atoms. The van der Waals surface area contributed by atoms with Crippen LogP contribution in [0.25, 0.3) is 0 Å². The Kier molecular flexibility index (Phi) is 4.22. The number of carbonyl (C=O) groups excluding carboxylic acids is 2. The molecular formula is C14H16FNO4. The van der Waals surface area contributed by atoms with Crippen LogP contribution in [0.4, 0.5) is 4.39 Å². The summed E-state index contributed by atoms with van der Waals surface area (Å²) in [6.07, 6.45) is 1.02. The average molecular weight is 281 g/mol. The number of carbonyl (C=O) groups is 2. The highest BCUT2D eigenvalue weighted by Crippen LogP contribution is 2.22. The van der Waals surface area contributed by atoms with Gasteiger partial charge in [0.15, 0.2) is 0 Å². The van der Waals surface area contributed by atoms with Crippen molar-refractivity contribution < 1.29 is 23.8 Å². The minimum absolute atomic E-state index is 0.0701. The van der Waals surface area contributed by atoms with E-state index in [0.29, 0.717) is 25.9 Å². The van der Waals surface area contributed by atoms with Crippen molar-refractivity contribution >= 4 is 11.9 Å². The number of benzene rings is 1. The third-order valence-corrected chi connectivity index (χ3v) is 3.50. The molecule has 1 heterocycles. The monoisotopic (exact) mass is 281 g/mol. The van der Waals surface area contributed by atoms with Gasteiger partial charge >= 0.3 is 5.97 Å². The smallest absolute Gasteiger partial charge is 0.308 e. The van der Waals surface area contributed by atoms with Gasteiger partial charge in [-0.1, -0.05) is 0 Å². The van der Waals surface area contributed by atoms with E-state index in [1.54, 1.807) is 0 Å². The molecule has 0 saturated carbocycles. The molecule has 0 unspecified atom stereocenters. The first-order chi connectivity index (χ1) is 9.52. The van der Waals surface area contributed by atoms with Crippen LogP contribution in [0, 0.1) is 11.7 Å². The number of hydrogen-bond donors (Lipinski definition) is 1. The summed E-state index contributed by atoms with van der Waals surface area (Å²) in [6, 6.07) is 3.45. The van der Waals surface area contributed by atoms with Crippen LogP contribution in [0.15, 0.2) is 18.2 Å². The van der Waals surface area contributed by atoms with E-state index in [1.807, 2.05) is 0 Å². The third-order valence-electron chi connectivity index (χ3n) is 3.50. The lowest BCUT2D eigenvalue weighted by molar-refractivity contribution is -0.146. The maximum absolute atomic E-state index is 13.6. The van der Waals surface area contributed by atoms with Crippen LogP contribution in [-0.2, 0) is 9.53 Å². The Bertz CT molecular complexity index is 524. The van der Waals surface area contributed by atoms with Crippen molar-refractivity contribution in [2.75, 3.05) is 20.2 Å². The Morgan fingerprint density at radius 1 is 1.35 bits per heavy atom. The summed E-state index contributed by atoms with van der Waals surface area (Å²) in [5.41, 5.74) is -0.0701. The van der Waals surface area contributed by atoms with Gasteiger partial charge in [-0.05, 0) is 25.0 Å². The normalized spacial score (nSPS) is 16.0. The lowest BCUT2D eigenvalue weighted by Gasteiger charge is -2.30. The quantitative estimate of drug-likeness (QED) is 0.835. The fourth-order valence-corrected chi connectivity index (χ4v) is 2.33. The molecule has 0 spiro atoms. The predicted octanol–water partition coefficient (Wildman–Crippen LogP) is 1.56. The average Bonchev–Trinajstić information content (AvgIpc) is 2.46. The Labute approximate surface area is 116 Å². The van der Waals surface area contributed by atoms with E-state index in [2.05, 4.69) is 4.74 Å². The van der Waals surface area contributed by atoms with E-state index in [-0.39, 0.29) is 23.2 Å². The topological polar surface area (TPSA) is 66.8 Å². The number of likely N-dealkylation sites (tertiary alicyclic amines) is 1. The van der Waals surface area contributed by atoms with Gasteiger partial charge in [0.05, 0.1) is 18.6 Å². The molecule has 108 valence electrons. The number of rotatable bonds is 2. The van der Waals surface area contributed by atoms with Gasteiger partial charge in [0.2, 0.25) is 0 Å². The van der Waals surface area contributed by atoms with Crippen molar-refractivity contribution in [3.05, 3.63) is 29.6 Å². The number of esters is 1. The molecule has 2 rings (SSSR count). The molecule has 0 aliphatic carbocycles. The van der Waals surface area contributed by atoms with Gasteiger partial charge in [0.1, 0.15) is 11.6 Å². The fourth-order valence-electron chi connectivity index (χ4n) is 2.33. The van der Waals surface area contributed by atoms with Crippen molar-refractivity contribution in [2.24, 2.45) is 5.92 Å². The van der Waals surface area contributed by atoms with Crippen molar-refractivity contribution in [2.45, 2.75) is 12.8 Å². The first-order valence-corrected chi connectivity index (χ1v) is 6.38. The SMILES string of the molecule is COC(=O)C1CCN(C(=O)c2ccc(O)cc2F)CC1. The van der Waals surface area contributed by atoms with E-state index >= 15 is 0 Å². The van der Waals surface area contributed by atoms with E-state index in [0.717, 1.165) is 6.07 Å². The Morgan fingerprint density at radius 3 is 2.55 bits per heavy atom. The predicted molar refractivity (Wildman–Crippen MR) is 68.7 cm³/mol. The molecule has 6 heteroatoms. The van der Waals surface area contributed by atoms with Gasteiger partial charge in [-0.2, -0.15) is 0 Å². The number of nitrogens with zero attached hydrogens (tertiary/aromatic N) is 1. The number of methoxy groups -OCH3 is 1. The van der Waals surface area contributed by atoms with Gasteiger partial charge in [0, 0.05) is 19.2 Å². The maximum atomic E-state index is 13.6. The summed E-state index contributed by atoms with van der Waals surface area (Å²) in [6.45, 7) is 0.776. The summed E-state index contributed by atoms with van der Waals surface area (Å²) in [4.78, 5) is 25.1. The molecule has 1 saturated heterocycles. The summed E-state index contributed by atoms with van der Waals surface area (Å²) >= 11 is 0. The van der Waals surface area contributed by atoms with Crippen LogP contribution < -0.4 is 0 Å². The molecule has 1 N–H and O–H groups in total. The first-order valence-electron chi connectivity index (χ1n) is 6.38. The molecule has 0 radical (unpaired) electrons. The van der Waals surface area contributed by atoms with E-state index in [1.165, 1.54) is 24.1 Å². The number of phenolic OH excluding ortho intramolecular Hbond substituents is 1. The molecular weight excluding hydrogens is 265 g/mol. The van der Waals surface area contributed by atoms with E-state index in [9.17, 15) is 14.0 Å². The largest absolute Gasteiger partial charge is 0.508 e. The zero-order valence-electron chi connectivity index (χ0n) is 11.1. The zero-order chi connectivity index (χ0) is 14.7. The number of aromatic hydroxyl groups is 1. The number of amides is 1. The van der Waals surface area contributed by atoms with Gasteiger partial charge in [-0.15, -0.1) is 0 Å². The highest BCUT2D eigenvalue weighted by atomic mass is 19.1. The van der Waals surface area contributed by atoms with Crippen LogP contribution in [0.2, 0.25) is 0 Å². The van der Waals surface area contributed by atoms with Gasteiger partial charge in [-0.25, -0.2) is 4.39 Å². The molecule has 0 bridgehead atoms. The zero-order valence-corrected chi connectivity index (χ0v) is 11.1. The van der Waals surface area contributed by atoms with Crippen LogP contribution in [-0.4, -0.2) is 42.1 Å². The summed E-state index contributed by atoms with van der Waals surface area (Å²) in [5.74, 6) is -1.86. The van der Waals surface area contributed by atoms with Crippen LogP contribution in [0.5, 0.6) is 5.75 Å². The van der Waals surface area contributed by atoms with Gasteiger partial charge < -0.3 is 14.7 Å². The Balaban J connectivity index is 2.03. The Hall–Kier alpha value is -2.11. The number of halogens is 1. The molecule has 0 aromatic heterocycles. The second kappa shape index (κ2) is 5.90. The van der Waals surface area contributed by atoms with Crippen molar-refractivity contribution in [1.82, 2.24) is 4.90 Å². The van der Waals surface area contributed by atoms with E-state index < -0.39 is 11.7 Å². The molecule has 1 aromatic carbocycles. The standard InChI is InChI=1S/C14H16FNO4/c1-20-14(19)9-4-6-16(7-5-9)13(18)11-3-2-10(17)8-12(11)15/h2-3,8-9,17H,4-7H2,1H3. The van der Waals surface area contributed by atoms with Gasteiger partial charge in [0.25, 0.3) is 5.91 Å². The molecule has 5 nitrogen and oxygen atoms in total. The molecule has 1 fully saturated rings. The van der Waals surface area contributed by atoms with Crippen molar-refractivity contribution in [3.63, 3.8) is 0 Å². The second-order valence-corrected chi connectivity index (χ2v) is 4.75. The fraction of sp³-hybridized carbons (Fsp3) is 0.429. The summed E-state index contributed by atoms with van der Waals surface area (Å²) in [7, 11) is 1.34. The number of hydrogen-bond acceptors (Lipinski definition) is 4. The van der Waals surface area contributed by atoms with Crippen LogP contribution >= 0.6 is 0 Å². The van der Waals surface area contributed by atoms with Crippen LogP contribution in [0.1, 0.15) is 23.2 Å². The number of ether oxygens (including phenoxy) is 1. The number of phenols is 1. The summed E-state index contributed by atoms with van der Waals surface area (Å²) in [5, 5.41) is 9.14. The molecule has 1 aromatic rings.